The molecule has 1 aromatic heterocycles. The Bertz CT molecular complexity index is 367. The van der Waals surface area contributed by atoms with Gasteiger partial charge in [0.15, 0.2) is 0 Å². The van der Waals surface area contributed by atoms with E-state index in [-0.39, 0.29) is 17.9 Å². The molecule has 4 nitrogen and oxygen atoms in total. The average molecular weight is 250 g/mol. The van der Waals surface area contributed by atoms with E-state index in [0.29, 0.717) is 6.54 Å². The Balaban J connectivity index is 1.93. The topological polar surface area (TPSA) is 59.5 Å². The molecule has 1 amide bonds. The van der Waals surface area contributed by atoms with Gasteiger partial charge in [-0.1, -0.05) is 0 Å². The van der Waals surface area contributed by atoms with Gasteiger partial charge >= 0.3 is 0 Å². The molecule has 0 saturated heterocycles. The molecule has 1 heterocycles. The first-order valence-corrected chi connectivity index (χ1v) is 6.77. The maximum Gasteiger partial charge on any atom is 0.226 e. The molecule has 2 N–H and O–H groups in total. The van der Waals surface area contributed by atoms with Crippen molar-refractivity contribution in [2.24, 2.45) is 11.7 Å². The van der Waals surface area contributed by atoms with Gasteiger partial charge < -0.3 is 15.1 Å². The van der Waals surface area contributed by atoms with E-state index in [0.717, 1.165) is 38.0 Å². The molecule has 1 saturated carbocycles. The van der Waals surface area contributed by atoms with Gasteiger partial charge in [0.05, 0.1) is 12.8 Å². The summed E-state index contributed by atoms with van der Waals surface area (Å²) in [6.45, 7) is 3.31. The molecule has 0 unspecified atom stereocenters. The van der Waals surface area contributed by atoms with Crippen molar-refractivity contribution in [2.45, 2.75) is 45.2 Å². The standard InChI is InChI=1S/C14H22N2O2/c1-2-16(10-13-4-3-9-18-13)14(17)11-5-7-12(15)8-6-11/h3-4,9,11-12H,2,5-8,10,15H2,1H3. The molecule has 0 aromatic carbocycles. The lowest BCUT2D eigenvalue weighted by Crippen LogP contribution is -2.39. The summed E-state index contributed by atoms with van der Waals surface area (Å²) in [4.78, 5) is 14.3. The summed E-state index contributed by atoms with van der Waals surface area (Å²) in [6.07, 6.45) is 5.43. The average Bonchev–Trinajstić information content (AvgIpc) is 2.89. The summed E-state index contributed by atoms with van der Waals surface area (Å²) in [5.41, 5.74) is 5.88. The summed E-state index contributed by atoms with van der Waals surface area (Å²) < 4.78 is 5.31. The highest BCUT2D eigenvalue weighted by molar-refractivity contribution is 5.78. The molecule has 0 bridgehead atoms. The zero-order valence-corrected chi connectivity index (χ0v) is 11.0. The van der Waals surface area contributed by atoms with Crippen molar-refractivity contribution < 1.29 is 9.21 Å². The number of rotatable bonds is 4. The van der Waals surface area contributed by atoms with E-state index in [1.807, 2.05) is 24.0 Å². The zero-order valence-electron chi connectivity index (χ0n) is 11.0. The number of amides is 1. The monoisotopic (exact) mass is 250 g/mol. The number of hydrogen-bond donors (Lipinski definition) is 1. The number of nitrogens with zero attached hydrogens (tertiary/aromatic N) is 1. The minimum absolute atomic E-state index is 0.153. The van der Waals surface area contributed by atoms with Crippen LogP contribution in [-0.4, -0.2) is 23.4 Å². The van der Waals surface area contributed by atoms with Crippen molar-refractivity contribution in [3.05, 3.63) is 24.2 Å². The molecular formula is C14H22N2O2. The predicted molar refractivity (Wildman–Crippen MR) is 69.7 cm³/mol. The smallest absolute Gasteiger partial charge is 0.226 e. The maximum atomic E-state index is 12.4. The largest absolute Gasteiger partial charge is 0.467 e. The van der Waals surface area contributed by atoms with Gasteiger partial charge in [0.2, 0.25) is 5.91 Å². The molecule has 1 fully saturated rings. The Morgan fingerprint density at radius 1 is 1.44 bits per heavy atom. The van der Waals surface area contributed by atoms with Crippen LogP contribution in [0.3, 0.4) is 0 Å². The van der Waals surface area contributed by atoms with Crippen molar-refractivity contribution in [1.29, 1.82) is 0 Å². The molecule has 0 radical (unpaired) electrons. The lowest BCUT2D eigenvalue weighted by atomic mass is 9.85. The van der Waals surface area contributed by atoms with Gasteiger partial charge in [-0.05, 0) is 44.7 Å². The molecule has 1 aromatic rings. The fraction of sp³-hybridized carbons (Fsp3) is 0.643. The number of furan rings is 1. The van der Waals surface area contributed by atoms with Gasteiger partial charge in [-0.15, -0.1) is 0 Å². The SMILES string of the molecule is CCN(Cc1ccco1)C(=O)C1CCC(N)CC1. The van der Waals surface area contributed by atoms with Crippen LogP contribution >= 0.6 is 0 Å². The van der Waals surface area contributed by atoms with E-state index in [1.165, 1.54) is 0 Å². The van der Waals surface area contributed by atoms with Gasteiger partial charge in [-0.3, -0.25) is 4.79 Å². The van der Waals surface area contributed by atoms with Crippen molar-refractivity contribution in [1.82, 2.24) is 4.90 Å². The van der Waals surface area contributed by atoms with Crippen molar-refractivity contribution in [3.8, 4) is 0 Å². The van der Waals surface area contributed by atoms with E-state index in [4.69, 9.17) is 10.2 Å². The van der Waals surface area contributed by atoms with E-state index < -0.39 is 0 Å². The number of hydrogen-bond acceptors (Lipinski definition) is 3. The van der Waals surface area contributed by atoms with Crippen LogP contribution in [0.4, 0.5) is 0 Å². The van der Waals surface area contributed by atoms with Crippen molar-refractivity contribution in [3.63, 3.8) is 0 Å². The van der Waals surface area contributed by atoms with Crippen molar-refractivity contribution >= 4 is 5.91 Å². The summed E-state index contributed by atoms with van der Waals surface area (Å²) in [5.74, 6) is 1.25. The van der Waals surface area contributed by atoms with Crippen LogP contribution in [0.15, 0.2) is 22.8 Å². The van der Waals surface area contributed by atoms with E-state index in [9.17, 15) is 4.79 Å². The van der Waals surface area contributed by atoms with Gasteiger partial charge in [0.1, 0.15) is 5.76 Å². The van der Waals surface area contributed by atoms with Crippen LogP contribution in [0.1, 0.15) is 38.4 Å². The van der Waals surface area contributed by atoms with Gasteiger partial charge in [0, 0.05) is 18.5 Å². The fourth-order valence-electron chi connectivity index (χ4n) is 2.56. The molecule has 4 heteroatoms. The van der Waals surface area contributed by atoms with Gasteiger partial charge in [0.25, 0.3) is 0 Å². The summed E-state index contributed by atoms with van der Waals surface area (Å²) >= 11 is 0. The summed E-state index contributed by atoms with van der Waals surface area (Å²) in [7, 11) is 0. The molecule has 100 valence electrons. The third-order valence-corrected chi connectivity index (χ3v) is 3.74. The third-order valence-electron chi connectivity index (χ3n) is 3.74. The van der Waals surface area contributed by atoms with Crippen LogP contribution in [0, 0.1) is 5.92 Å². The van der Waals surface area contributed by atoms with Crippen LogP contribution < -0.4 is 5.73 Å². The zero-order chi connectivity index (χ0) is 13.0. The van der Waals surface area contributed by atoms with E-state index in [1.54, 1.807) is 6.26 Å². The Morgan fingerprint density at radius 2 is 2.17 bits per heavy atom. The minimum Gasteiger partial charge on any atom is -0.467 e. The molecule has 0 spiro atoms. The first-order valence-electron chi connectivity index (χ1n) is 6.77. The van der Waals surface area contributed by atoms with Crippen molar-refractivity contribution in [2.75, 3.05) is 6.54 Å². The lowest BCUT2D eigenvalue weighted by Gasteiger charge is -2.30. The number of carbonyl (C=O) groups excluding carboxylic acids is 1. The van der Waals surface area contributed by atoms with Gasteiger partial charge in [-0.2, -0.15) is 0 Å². The minimum atomic E-state index is 0.153. The third kappa shape index (κ3) is 3.13. The summed E-state index contributed by atoms with van der Waals surface area (Å²) in [6, 6.07) is 4.05. The Labute approximate surface area is 108 Å². The van der Waals surface area contributed by atoms with Gasteiger partial charge in [-0.25, -0.2) is 0 Å². The Morgan fingerprint density at radius 3 is 2.72 bits per heavy atom. The second-order valence-electron chi connectivity index (χ2n) is 5.04. The predicted octanol–water partition coefficient (Wildman–Crippen LogP) is 2.15. The van der Waals surface area contributed by atoms with E-state index in [2.05, 4.69) is 0 Å². The summed E-state index contributed by atoms with van der Waals surface area (Å²) in [5, 5.41) is 0. The Hall–Kier alpha value is -1.29. The molecule has 0 aliphatic heterocycles. The molecule has 2 rings (SSSR count). The lowest BCUT2D eigenvalue weighted by molar-refractivity contribution is -0.137. The number of carbonyl (C=O) groups is 1. The first kappa shape index (κ1) is 13.1. The van der Waals surface area contributed by atoms with Crippen LogP contribution in [-0.2, 0) is 11.3 Å². The highest BCUT2D eigenvalue weighted by Gasteiger charge is 2.27. The molecule has 0 atom stereocenters. The Kier molecular flexibility index (Phi) is 4.42. The fourth-order valence-corrected chi connectivity index (χ4v) is 2.56. The van der Waals surface area contributed by atoms with Crippen LogP contribution in [0.2, 0.25) is 0 Å². The normalized spacial score (nSPS) is 23.9. The molecule has 1 aliphatic rings. The highest BCUT2D eigenvalue weighted by Crippen LogP contribution is 2.25. The quantitative estimate of drug-likeness (QED) is 0.890. The van der Waals surface area contributed by atoms with Crippen LogP contribution in [0.25, 0.3) is 0 Å². The molecule has 1 aliphatic carbocycles. The molecule has 18 heavy (non-hydrogen) atoms. The first-order chi connectivity index (χ1) is 8.70. The molecular weight excluding hydrogens is 228 g/mol. The second kappa shape index (κ2) is 6.05. The van der Waals surface area contributed by atoms with Crippen LogP contribution in [0.5, 0.6) is 0 Å². The van der Waals surface area contributed by atoms with E-state index >= 15 is 0 Å². The number of nitrogens with two attached hydrogens (primary N) is 1. The highest BCUT2D eigenvalue weighted by atomic mass is 16.3. The second-order valence-corrected chi connectivity index (χ2v) is 5.04. The maximum absolute atomic E-state index is 12.4.